The Morgan fingerprint density at radius 2 is 1.83 bits per heavy atom. The van der Waals surface area contributed by atoms with Crippen LogP contribution in [0.15, 0.2) is 72.3 Å². The highest BCUT2D eigenvalue weighted by Crippen LogP contribution is 2.42. The summed E-state index contributed by atoms with van der Waals surface area (Å²) in [6, 6.07) is 19.9. The SMILES string of the molecule is COc1ccccc1CN1C(=O)C(=O)/C(=C(\O)c2ccc3c(c2)CCO3)C1c1ccc(C(C)C)cc1. The van der Waals surface area contributed by atoms with Gasteiger partial charge < -0.3 is 19.5 Å². The van der Waals surface area contributed by atoms with Gasteiger partial charge in [0.15, 0.2) is 0 Å². The number of methoxy groups -OCH3 is 1. The predicted molar refractivity (Wildman–Crippen MR) is 137 cm³/mol. The Kier molecular flexibility index (Phi) is 6.27. The van der Waals surface area contributed by atoms with E-state index in [0.717, 1.165) is 34.4 Å². The lowest BCUT2D eigenvalue weighted by atomic mass is 9.92. The van der Waals surface area contributed by atoms with Crippen LogP contribution < -0.4 is 9.47 Å². The van der Waals surface area contributed by atoms with E-state index >= 15 is 0 Å². The summed E-state index contributed by atoms with van der Waals surface area (Å²) in [4.78, 5) is 28.3. The molecular weight excluding hydrogens is 454 g/mol. The molecule has 36 heavy (non-hydrogen) atoms. The van der Waals surface area contributed by atoms with Gasteiger partial charge in [-0.05, 0) is 46.9 Å². The number of para-hydroxylation sites is 1. The number of aliphatic hydroxyl groups excluding tert-OH is 1. The number of Topliss-reactive ketones (excluding diaryl/α,β-unsaturated/α-hetero) is 1. The zero-order valence-corrected chi connectivity index (χ0v) is 20.7. The van der Waals surface area contributed by atoms with Gasteiger partial charge in [0, 0.05) is 17.5 Å². The maximum Gasteiger partial charge on any atom is 0.295 e. The second-order valence-corrected chi connectivity index (χ2v) is 9.48. The fourth-order valence-corrected chi connectivity index (χ4v) is 4.96. The summed E-state index contributed by atoms with van der Waals surface area (Å²) in [6.07, 6.45) is 0.735. The number of carbonyl (C=O) groups excluding carboxylic acids is 2. The third kappa shape index (κ3) is 4.13. The van der Waals surface area contributed by atoms with E-state index in [9.17, 15) is 14.7 Å². The second-order valence-electron chi connectivity index (χ2n) is 9.48. The molecular formula is C30H29NO5. The van der Waals surface area contributed by atoms with Crippen LogP contribution in [0.1, 0.15) is 53.6 Å². The molecule has 6 heteroatoms. The molecule has 0 spiro atoms. The van der Waals surface area contributed by atoms with Crippen molar-refractivity contribution in [1.29, 1.82) is 0 Å². The molecule has 3 aromatic carbocycles. The van der Waals surface area contributed by atoms with Gasteiger partial charge in [0.25, 0.3) is 11.7 Å². The molecule has 5 rings (SSSR count). The van der Waals surface area contributed by atoms with E-state index in [1.807, 2.05) is 54.6 Å². The first-order valence-electron chi connectivity index (χ1n) is 12.1. The van der Waals surface area contributed by atoms with E-state index in [4.69, 9.17) is 9.47 Å². The van der Waals surface area contributed by atoms with Crippen LogP contribution in [0.25, 0.3) is 5.76 Å². The molecule has 1 fully saturated rings. The summed E-state index contributed by atoms with van der Waals surface area (Å²) in [7, 11) is 1.58. The average molecular weight is 484 g/mol. The minimum atomic E-state index is -0.736. The normalized spacial score (nSPS) is 18.4. The van der Waals surface area contributed by atoms with Crippen molar-refractivity contribution >= 4 is 17.4 Å². The zero-order chi connectivity index (χ0) is 25.4. The molecule has 184 valence electrons. The van der Waals surface area contributed by atoms with Crippen molar-refractivity contribution in [2.24, 2.45) is 0 Å². The van der Waals surface area contributed by atoms with E-state index in [1.165, 1.54) is 4.90 Å². The Bertz CT molecular complexity index is 1360. The fraction of sp³-hybridized carbons (Fsp3) is 0.267. The van der Waals surface area contributed by atoms with Gasteiger partial charge in [-0.3, -0.25) is 9.59 Å². The molecule has 1 saturated heterocycles. The fourth-order valence-electron chi connectivity index (χ4n) is 4.96. The number of amides is 1. The number of carbonyl (C=O) groups is 2. The first-order chi connectivity index (χ1) is 17.4. The maximum atomic E-state index is 13.4. The van der Waals surface area contributed by atoms with Crippen molar-refractivity contribution in [3.63, 3.8) is 0 Å². The molecule has 1 atom stereocenters. The van der Waals surface area contributed by atoms with Crippen LogP contribution in [-0.2, 0) is 22.6 Å². The number of likely N-dealkylation sites (tertiary alicyclic amines) is 1. The molecule has 1 unspecified atom stereocenters. The largest absolute Gasteiger partial charge is 0.507 e. The molecule has 2 heterocycles. The van der Waals surface area contributed by atoms with Crippen LogP contribution in [0.4, 0.5) is 0 Å². The lowest BCUT2D eigenvalue weighted by molar-refractivity contribution is -0.140. The highest BCUT2D eigenvalue weighted by molar-refractivity contribution is 6.46. The highest BCUT2D eigenvalue weighted by atomic mass is 16.5. The van der Waals surface area contributed by atoms with Crippen molar-refractivity contribution in [2.45, 2.75) is 38.8 Å². The molecule has 0 bridgehead atoms. The maximum absolute atomic E-state index is 13.4. The van der Waals surface area contributed by atoms with E-state index in [-0.39, 0.29) is 17.9 Å². The van der Waals surface area contributed by atoms with Crippen molar-refractivity contribution in [2.75, 3.05) is 13.7 Å². The molecule has 0 radical (unpaired) electrons. The van der Waals surface area contributed by atoms with E-state index < -0.39 is 17.7 Å². The summed E-state index contributed by atoms with van der Waals surface area (Å²) in [5.74, 6) is 0.231. The van der Waals surface area contributed by atoms with Crippen LogP contribution in [-0.4, -0.2) is 35.4 Å². The van der Waals surface area contributed by atoms with Crippen molar-refractivity contribution < 1.29 is 24.2 Å². The van der Waals surface area contributed by atoms with E-state index in [0.29, 0.717) is 23.8 Å². The van der Waals surface area contributed by atoms with Gasteiger partial charge in [-0.15, -0.1) is 0 Å². The van der Waals surface area contributed by atoms with Gasteiger partial charge in [0.05, 0.1) is 31.9 Å². The number of ketones is 1. The lowest BCUT2D eigenvalue weighted by Gasteiger charge is -2.26. The van der Waals surface area contributed by atoms with Gasteiger partial charge in [-0.25, -0.2) is 0 Å². The Balaban J connectivity index is 1.64. The minimum absolute atomic E-state index is 0.0889. The highest BCUT2D eigenvalue weighted by Gasteiger charge is 2.46. The van der Waals surface area contributed by atoms with Crippen LogP contribution in [0.5, 0.6) is 11.5 Å². The third-order valence-corrected chi connectivity index (χ3v) is 6.95. The van der Waals surface area contributed by atoms with Gasteiger partial charge in [-0.1, -0.05) is 56.3 Å². The second kappa shape index (κ2) is 9.53. The van der Waals surface area contributed by atoms with Gasteiger partial charge in [0.2, 0.25) is 0 Å². The number of benzene rings is 3. The Morgan fingerprint density at radius 1 is 1.08 bits per heavy atom. The number of rotatable bonds is 6. The number of nitrogens with zero attached hydrogens (tertiary/aromatic N) is 1. The van der Waals surface area contributed by atoms with Crippen LogP contribution in [0.2, 0.25) is 0 Å². The van der Waals surface area contributed by atoms with Gasteiger partial charge >= 0.3 is 0 Å². The van der Waals surface area contributed by atoms with Crippen LogP contribution in [0, 0.1) is 0 Å². The minimum Gasteiger partial charge on any atom is -0.507 e. The molecule has 1 N–H and O–H groups in total. The number of hydrogen-bond acceptors (Lipinski definition) is 5. The molecule has 0 saturated carbocycles. The summed E-state index contributed by atoms with van der Waals surface area (Å²) in [5, 5.41) is 11.4. The predicted octanol–water partition coefficient (Wildman–Crippen LogP) is 5.38. The third-order valence-electron chi connectivity index (χ3n) is 6.95. The number of hydrogen-bond donors (Lipinski definition) is 1. The monoisotopic (exact) mass is 483 g/mol. The molecule has 3 aromatic rings. The smallest absolute Gasteiger partial charge is 0.295 e. The summed E-state index contributed by atoms with van der Waals surface area (Å²) in [6.45, 7) is 4.98. The Hall–Kier alpha value is -4.06. The number of fused-ring (bicyclic) bond motifs is 1. The van der Waals surface area contributed by atoms with Crippen molar-refractivity contribution in [3.05, 3.63) is 100 Å². The van der Waals surface area contributed by atoms with Crippen LogP contribution in [0.3, 0.4) is 0 Å². The van der Waals surface area contributed by atoms with Crippen molar-refractivity contribution in [3.8, 4) is 11.5 Å². The molecule has 0 aliphatic carbocycles. The van der Waals surface area contributed by atoms with E-state index in [1.54, 1.807) is 19.2 Å². The topological polar surface area (TPSA) is 76.1 Å². The van der Waals surface area contributed by atoms with Gasteiger partial charge in [-0.2, -0.15) is 0 Å². The quantitative estimate of drug-likeness (QED) is 0.290. The van der Waals surface area contributed by atoms with Gasteiger partial charge in [0.1, 0.15) is 17.3 Å². The molecule has 6 nitrogen and oxygen atoms in total. The van der Waals surface area contributed by atoms with Crippen LogP contribution >= 0.6 is 0 Å². The number of aliphatic hydroxyl groups is 1. The van der Waals surface area contributed by atoms with Crippen molar-refractivity contribution in [1.82, 2.24) is 4.90 Å². The first-order valence-corrected chi connectivity index (χ1v) is 12.1. The molecule has 2 aliphatic heterocycles. The zero-order valence-electron chi connectivity index (χ0n) is 20.7. The first kappa shape index (κ1) is 23.7. The Labute approximate surface area is 210 Å². The number of ether oxygens (including phenoxy) is 2. The summed E-state index contributed by atoms with van der Waals surface area (Å²) < 4.78 is 11.1. The summed E-state index contributed by atoms with van der Waals surface area (Å²) >= 11 is 0. The molecule has 0 aromatic heterocycles. The van der Waals surface area contributed by atoms with E-state index in [2.05, 4.69) is 13.8 Å². The average Bonchev–Trinajstić information content (AvgIpc) is 3.46. The summed E-state index contributed by atoms with van der Waals surface area (Å²) in [5.41, 5.74) is 4.25. The standard InChI is InChI=1S/C30H29NO5/c1-18(2)19-8-10-20(11-9-19)27-26(28(32)22-12-13-25-21(16-22)14-15-36-25)29(33)30(34)31(27)17-23-6-4-5-7-24(23)35-3/h4-13,16,18,27,32H,14-15,17H2,1-3H3/b28-26-. The Morgan fingerprint density at radius 3 is 2.56 bits per heavy atom. The molecule has 2 aliphatic rings. The molecule has 1 amide bonds. The lowest BCUT2D eigenvalue weighted by Crippen LogP contribution is -2.29.